The molecule has 3 nitrogen and oxygen atoms in total. The van der Waals surface area contributed by atoms with Gasteiger partial charge in [0.05, 0.1) is 11.1 Å². The number of nitrogens with zero attached hydrogens (tertiary/aromatic N) is 1. The van der Waals surface area contributed by atoms with Crippen LogP contribution >= 0.6 is 0 Å². The number of aryl methyl sites for hydroxylation is 1. The monoisotopic (exact) mass is 263 g/mol. The topological polar surface area (TPSA) is 50.2 Å². The van der Waals surface area contributed by atoms with Crippen LogP contribution in [0.25, 0.3) is 22.0 Å². The standard InChI is InChI=1S/C17H13NO2/c1-11-6-2-3-7-12(11)16-13-8-4-5-9-15(13)18-10-14(16)17(19)20/h2-10H,1H3,(H,19,20). The molecular weight excluding hydrogens is 250 g/mol. The molecule has 0 aliphatic rings. The van der Waals surface area contributed by atoms with Crippen LogP contribution in [0, 0.1) is 6.92 Å². The molecule has 3 aromatic rings. The molecule has 0 atom stereocenters. The molecule has 1 heterocycles. The Bertz CT molecular complexity index is 809. The van der Waals surface area contributed by atoms with E-state index in [0.29, 0.717) is 0 Å². The predicted octanol–water partition coefficient (Wildman–Crippen LogP) is 3.91. The van der Waals surface area contributed by atoms with Crippen molar-refractivity contribution in [1.29, 1.82) is 0 Å². The molecule has 0 saturated carbocycles. The maximum Gasteiger partial charge on any atom is 0.337 e. The Morgan fingerprint density at radius 2 is 1.75 bits per heavy atom. The number of carbonyl (C=O) groups is 1. The summed E-state index contributed by atoms with van der Waals surface area (Å²) in [5, 5.41) is 10.3. The lowest BCUT2D eigenvalue weighted by atomic mass is 9.93. The fourth-order valence-electron chi connectivity index (χ4n) is 2.45. The number of para-hydroxylation sites is 1. The molecule has 0 saturated heterocycles. The zero-order valence-electron chi connectivity index (χ0n) is 11.0. The molecule has 0 spiro atoms. The van der Waals surface area contributed by atoms with Crippen molar-refractivity contribution in [3.63, 3.8) is 0 Å². The Morgan fingerprint density at radius 3 is 2.50 bits per heavy atom. The Hall–Kier alpha value is -2.68. The summed E-state index contributed by atoms with van der Waals surface area (Å²) in [4.78, 5) is 15.7. The SMILES string of the molecule is Cc1ccccc1-c1c(C(=O)O)cnc2ccccc12. The summed E-state index contributed by atoms with van der Waals surface area (Å²) < 4.78 is 0. The van der Waals surface area contributed by atoms with Gasteiger partial charge in [-0.25, -0.2) is 4.79 Å². The van der Waals surface area contributed by atoms with Crippen molar-refractivity contribution in [3.05, 3.63) is 65.9 Å². The molecule has 0 amide bonds. The molecule has 2 aromatic carbocycles. The first-order valence-corrected chi connectivity index (χ1v) is 6.35. The second-order valence-electron chi connectivity index (χ2n) is 4.68. The Morgan fingerprint density at radius 1 is 1.05 bits per heavy atom. The van der Waals surface area contributed by atoms with Crippen LogP contribution in [-0.2, 0) is 0 Å². The molecule has 0 radical (unpaired) electrons. The van der Waals surface area contributed by atoms with Crippen LogP contribution in [0.4, 0.5) is 0 Å². The third kappa shape index (κ3) is 1.93. The lowest BCUT2D eigenvalue weighted by Crippen LogP contribution is -2.02. The highest BCUT2D eigenvalue weighted by Gasteiger charge is 2.16. The molecular formula is C17H13NO2. The minimum Gasteiger partial charge on any atom is -0.478 e. The first-order valence-electron chi connectivity index (χ1n) is 6.35. The lowest BCUT2D eigenvalue weighted by molar-refractivity contribution is 0.0697. The van der Waals surface area contributed by atoms with E-state index in [1.165, 1.54) is 6.20 Å². The van der Waals surface area contributed by atoms with Crippen molar-refractivity contribution >= 4 is 16.9 Å². The molecule has 0 unspecified atom stereocenters. The van der Waals surface area contributed by atoms with Crippen LogP contribution in [0.5, 0.6) is 0 Å². The highest BCUT2D eigenvalue weighted by atomic mass is 16.4. The van der Waals surface area contributed by atoms with Crippen LogP contribution in [0.15, 0.2) is 54.7 Å². The number of benzene rings is 2. The normalized spacial score (nSPS) is 10.7. The van der Waals surface area contributed by atoms with E-state index in [1.54, 1.807) is 0 Å². The predicted molar refractivity (Wildman–Crippen MR) is 78.9 cm³/mol. The third-order valence-electron chi connectivity index (χ3n) is 3.42. The van der Waals surface area contributed by atoms with E-state index >= 15 is 0 Å². The molecule has 98 valence electrons. The van der Waals surface area contributed by atoms with E-state index in [2.05, 4.69) is 4.98 Å². The van der Waals surface area contributed by atoms with Crippen LogP contribution in [-0.4, -0.2) is 16.1 Å². The summed E-state index contributed by atoms with van der Waals surface area (Å²) in [6, 6.07) is 15.4. The van der Waals surface area contributed by atoms with Gasteiger partial charge in [0.2, 0.25) is 0 Å². The number of rotatable bonds is 2. The smallest absolute Gasteiger partial charge is 0.337 e. The number of hydrogen-bond acceptors (Lipinski definition) is 2. The zero-order chi connectivity index (χ0) is 14.1. The average Bonchev–Trinajstić information content (AvgIpc) is 2.46. The van der Waals surface area contributed by atoms with Gasteiger partial charge in [-0.1, -0.05) is 42.5 Å². The van der Waals surface area contributed by atoms with Gasteiger partial charge in [-0.05, 0) is 24.1 Å². The van der Waals surface area contributed by atoms with Crippen molar-refractivity contribution in [2.75, 3.05) is 0 Å². The van der Waals surface area contributed by atoms with Gasteiger partial charge in [0.25, 0.3) is 0 Å². The third-order valence-corrected chi connectivity index (χ3v) is 3.42. The highest BCUT2D eigenvalue weighted by Crippen LogP contribution is 2.33. The first kappa shape index (κ1) is 12.4. The van der Waals surface area contributed by atoms with E-state index in [4.69, 9.17) is 0 Å². The molecule has 3 rings (SSSR count). The fourth-order valence-corrected chi connectivity index (χ4v) is 2.45. The molecule has 1 N–H and O–H groups in total. The molecule has 0 fully saturated rings. The number of carboxylic acids is 1. The largest absolute Gasteiger partial charge is 0.478 e. The lowest BCUT2D eigenvalue weighted by Gasteiger charge is -2.12. The van der Waals surface area contributed by atoms with Crippen LogP contribution < -0.4 is 0 Å². The van der Waals surface area contributed by atoms with E-state index < -0.39 is 5.97 Å². The zero-order valence-corrected chi connectivity index (χ0v) is 11.0. The van der Waals surface area contributed by atoms with Gasteiger partial charge in [0.15, 0.2) is 0 Å². The minimum absolute atomic E-state index is 0.234. The second kappa shape index (κ2) is 4.78. The number of fused-ring (bicyclic) bond motifs is 1. The number of aromatic nitrogens is 1. The molecule has 1 aromatic heterocycles. The Labute approximate surface area is 116 Å². The maximum absolute atomic E-state index is 11.5. The molecule has 0 aliphatic carbocycles. The fraction of sp³-hybridized carbons (Fsp3) is 0.0588. The van der Waals surface area contributed by atoms with Crippen molar-refractivity contribution in [2.45, 2.75) is 6.92 Å². The molecule has 0 bridgehead atoms. The summed E-state index contributed by atoms with van der Waals surface area (Å²) >= 11 is 0. The Balaban J connectivity index is 2.45. The van der Waals surface area contributed by atoms with E-state index in [0.717, 1.165) is 27.6 Å². The summed E-state index contributed by atoms with van der Waals surface area (Å²) in [6.45, 7) is 1.98. The maximum atomic E-state index is 11.5. The van der Waals surface area contributed by atoms with Gasteiger partial charge in [0.1, 0.15) is 0 Å². The number of aromatic carboxylic acids is 1. The molecule has 0 aliphatic heterocycles. The van der Waals surface area contributed by atoms with Crippen LogP contribution in [0.2, 0.25) is 0 Å². The minimum atomic E-state index is -0.957. The number of pyridine rings is 1. The van der Waals surface area contributed by atoms with Crippen molar-refractivity contribution in [3.8, 4) is 11.1 Å². The van der Waals surface area contributed by atoms with Crippen molar-refractivity contribution in [2.24, 2.45) is 0 Å². The van der Waals surface area contributed by atoms with Crippen molar-refractivity contribution < 1.29 is 9.90 Å². The van der Waals surface area contributed by atoms with Gasteiger partial charge >= 0.3 is 5.97 Å². The first-order chi connectivity index (χ1) is 9.68. The number of hydrogen-bond donors (Lipinski definition) is 1. The number of carboxylic acid groups (broad SMARTS) is 1. The summed E-state index contributed by atoms with van der Waals surface area (Å²) in [5.41, 5.74) is 3.75. The van der Waals surface area contributed by atoms with Gasteiger partial charge in [0, 0.05) is 17.1 Å². The van der Waals surface area contributed by atoms with Crippen molar-refractivity contribution in [1.82, 2.24) is 4.98 Å². The van der Waals surface area contributed by atoms with Crippen LogP contribution in [0.1, 0.15) is 15.9 Å². The van der Waals surface area contributed by atoms with Gasteiger partial charge in [-0.2, -0.15) is 0 Å². The van der Waals surface area contributed by atoms with Gasteiger partial charge < -0.3 is 5.11 Å². The summed E-state index contributed by atoms with van der Waals surface area (Å²) in [5.74, 6) is -0.957. The summed E-state index contributed by atoms with van der Waals surface area (Å²) in [7, 11) is 0. The average molecular weight is 263 g/mol. The van der Waals surface area contributed by atoms with Gasteiger partial charge in [-0.15, -0.1) is 0 Å². The van der Waals surface area contributed by atoms with E-state index in [9.17, 15) is 9.90 Å². The summed E-state index contributed by atoms with van der Waals surface area (Å²) in [6.07, 6.45) is 1.44. The Kier molecular flexibility index (Phi) is 2.95. The van der Waals surface area contributed by atoms with Gasteiger partial charge in [-0.3, -0.25) is 4.98 Å². The molecule has 20 heavy (non-hydrogen) atoms. The van der Waals surface area contributed by atoms with E-state index in [1.807, 2.05) is 55.5 Å². The van der Waals surface area contributed by atoms with E-state index in [-0.39, 0.29) is 5.56 Å². The highest BCUT2D eigenvalue weighted by molar-refractivity contribution is 6.06. The molecule has 3 heteroatoms. The second-order valence-corrected chi connectivity index (χ2v) is 4.68. The van der Waals surface area contributed by atoms with Crippen LogP contribution in [0.3, 0.4) is 0 Å². The quantitative estimate of drug-likeness (QED) is 0.762.